The van der Waals surface area contributed by atoms with Gasteiger partial charge in [-0.1, -0.05) is 29.5 Å². The van der Waals surface area contributed by atoms with Crippen LogP contribution in [0.5, 0.6) is 0 Å². The number of nitrogens with one attached hydrogen (secondary N) is 1. The SMILES string of the molecule is Cc1nc2sc(CNC(=O)c3ccccc3)nn2c1CO. The summed E-state index contributed by atoms with van der Waals surface area (Å²) < 4.78 is 1.63. The lowest BCUT2D eigenvalue weighted by molar-refractivity contribution is 0.0950. The molecule has 0 saturated heterocycles. The van der Waals surface area contributed by atoms with E-state index < -0.39 is 0 Å². The van der Waals surface area contributed by atoms with Gasteiger partial charge < -0.3 is 10.4 Å². The molecule has 1 aromatic carbocycles. The molecule has 7 heteroatoms. The predicted octanol–water partition coefficient (Wildman–Crippen LogP) is 1.52. The standard InChI is InChI=1S/C14H14N4O2S/c1-9-11(8-19)18-14(16-9)21-12(17-18)7-15-13(20)10-5-3-2-4-6-10/h2-6,19H,7-8H2,1H3,(H,15,20). The fraction of sp³-hybridized carbons (Fsp3) is 0.214. The molecule has 2 N–H and O–H groups in total. The minimum atomic E-state index is -0.137. The topological polar surface area (TPSA) is 79.5 Å². The molecule has 2 aromatic heterocycles. The van der Waals surface area contributed by atoms with E-state index in [0.29, 0.717) is 17.8 Å². The van der Waals surface area contributed by atoms with Crippen LogP contribution in [0.25, 0.3) is 4.96 Å². The summed E-state index contributed by atoms with van der Waals surface area (Å²) in [6, 6.07) is 9.03. The number of hydrogen-bond acceptors (Lipinski definition) is 5. The summed E-state index contributed by atoms with van der Waals surface area (Å²) in [5.74, 6) is -0.137. The summed E-state index contributed by atoms with van der Waals surface area (Å²) in [5.41, 5.74) is 2.07. The van der Waals surface area contributed by atoms with Gasteiger partial charge in [0.25, 0.3) is 5.91 Å². The number of carbonyl (C=O) groups excluding carboxylic acids is 1. The van der Waals surface area contributed by atoms with Crippen molar-refractivity contribution in [3.63, 3.8) is 0 Å². The van der Waals surface area contributed by atoms with E-state index in [1.54, 1.807) is 16.6 Å². The molecule has 0 spiro atoms. The number of rotatable bonds is 4. The van der Waals surface area contributed by atoms with Gasteiger partial charge in [0.2, 0.25) is 4.96 Å². The van der Waals surface area contributed by atoms with Crippen LogP contribution < -0.4 is 5.32 Å². The molecule has 0 aliphatic carbocycles. The van der Waals surface area contributed by atoms with Crippen molar-refractivity contribution in [2.24, 2.45) is 0 Å². The zero-order valence-electron chi connectivity index (χ0n) is 11.4. The largest absolute Gasteiger partial charge is 0.390 e. The average Bonchev–Trinajstić information content (AvgIpc) is 3.01. The number of aromatic nitrogens is 3. The molecule has 0 radical (unpaired) electrons. The molecule has 3 aromatic rings. The third-order valence-corrected chi connectivity index (χ3v) is 4.03. The first kappa shape index (κ1) is 13.7. The lowest BCUT2D eigenvalue weighted by Gasteiger charge is -2.02. The molecule has 3 rings (SSSR count). The fourth-order valence-corrected chi connectivity index (χ4v) is 2.93. The van der Waals surface area contributed by atoms with Crippen molar-refractivity contribution in [2.45, 2.75) is 20.1 Å². The second kappa shape index (κ2) is 5.63. The van der Waals surface area contributed by atoms with Crippen molar-refractivity contribution in [2.75, 3.05) is 0 Å². The number of carbonyl (C=O) groups is 1. The summed E-state index contributed by atoms with van der Waals surface area (Å²) in [5, 5.41) is 17.3. The predicted molar refractivity (Wildman–Crippen MR) is 79.1 cm³/mol. The van der Waals surface area contributed by atoms with Gasteiger partial charge in [-0.3, -0.25) is 4.79 Å². The Balaban J connectivity index is 1.74. The molecule has 6 nitrogen and oxygen atoms in total. The molecule has 0 aliphatic rings. The molecule has 0 unspecified atom stereocenters. The molecule has 0 saturated carbocycles. The number of benzene rings is 1. The molecule has 0 aliphatic heterocycles. The van der Waals surface area contributed by atoms with E-state index >= 15 is 0 Å². The Morgan fingerprint density at radius 2 is 2.14 bits per heavy atom. The maximum Gasteiger partial charge on any atom is 0.251 e. The first-order chi connectivity index (χ1) is 10.2. The Bertz CT molecular complexity index is 779. The van der Waals surface area contributed by atoms with Gasteiger partial charge >= 0.3 is 0 Å². The van der Waals surface area contributed by atoms with Crippen LogP contribution >= 0.6 is 11.3 Å². The van der Waals surface area contributed by atoms with Gasteiger partial charge in [0.05, 0.1) is 24.5 Å². The van der Waals surface area contributed by atoms with Crippen molar-refractivity contribution >= 4 is 22.2 Å². The van der Waals surface area contributed by atoms with E-state index in [9.17, 15) is 9.90 Å². The van der Waals surface area contributed by atoms with E-state index in [1.165, 1.54) is 11.3 Å². The van der Waals surface area contributed by atoms with E-state index in [-0.39, 0.29) is 12.5 Å². The van der Waals surface area contributed by atoms with Crippen molar-refractivity contribution in [1.29, 1.82) is 0 Å². The maximum atomic E-state index is 12.0. The molecule has 108 valence electrons. The van der Waals surface area contributed by atoms with Crippen molar-refractivity contribution in [1.82, 2.24) is 19.9 Å². The van der Waals surface area contributed by atoms with Crippen LogP contribution in [0.15, 0.2) is 30.3 Å². The molecule has 0 bridgehead atoms. The van der Waals surface area contributed by atoms with Crippen molar-refractivity contribution in [3.05, 3.63) is 52.3 Å². The number of fused-ring (bicyclic) bond motifs is 1. The van der Waals surface area contributed by atoms with Gasteiger partial charge in [-0.15, -0.1) is 0 Å². The Morgan fingerprint density at radius 3 is 2.86 bits per heavy atom. The van der Waals surface area contributed by atoms with Crippen LogP contribution in [-0.4, -0.2) is 25.6 Å². The number of aliphatic hydroxyl groups excluding tert-OH is 1. The van der Waals surface area contributed by atoms with Crippen LogP contribution in [0.2, 0.25) is 0 Å². The molecule has 2 heterocycles. The summed E-state index contributed by atoms with van der Waals surface area (Å²) >= 11 is 1.40. The third kappa shape index (κ3) is 2.65. The van der Waals surface area contributed by atoms with Crippen LogP contribution in [0.3, 0.4) is 0 Å². The highest BCUT2D eigenvalue weighted by Crippen LogP contribution is 2.18. The van der Waals surface area contributed by atoms with E-state index in [0.717, 1.165) is 15.7 Å². The second-order valence-corrected chi connectivity index (χ2v) is 5.58. The lowest BCUT2D eigenvalue weighted by atomic mass is 10.2. The van der Waals surface area contributed by atoms with Crippen LogP contribution in [-0.2, 0) is 13.2 Å². The maximum absolute atomic E-state index is 12.0. The molecule has 21 heavy (non-hydrogen) atoms. The Kier molecular flexibility index (Phi) is 3.68. The highest BCUT2D eigenvalue weighted by Gasteiger charge is 2.13. The van der Waals surface area contributed by atoms with E-state index in [1.807, 2.05) is 25.1 Å². The zero-order chi connectivity index (χ0) is 14.8. The van der Waals surface area contributed by atoms with Crippen LogP contribution in [0.1, 0.15) is 26.8 Å². The van der Waals surface area contributed by atoms with Gasteiger partial charge in [0.15, 0.2) is 0 Å². The summed E-state index contributed by atoms with van der Waals surface area (Å²) in [4.78, 5) is 17.0. The summed E-state index contributed by atoms with van der Waals surface area (Å²) in [6.45, 7) is 2.07. The van der Waals surface area contributed by atoms with Crippen LogP contribution in [0, 0.1) is 6.92 Å². The van der Waals surface area contributed by atoms with Crippen molar-refractivity contribution < 1.29 is 9.90 Å². The number of imidazole rings is 1. The Morgan fingerprint density at radius 1 is 1.38 bits per heavy atom. The van der Waals surface area contributed by atoms with Crippen LogP contribution in [0.4, 0.5) is 0 Å². The molecular formula is C14H14N4O2S. The van der Waals surface area contributed by atoms with Gasteiger partial charge in [-0.05, 0) is 19.1 Å². The minimum absolute atomic E-state index is 0.105. The minimum Gasteiger partial charge on any atom is -0.390 e. The Labute approximate surface area is 125 Å². The van der Waals surface area contributed by atoms with Gasteiger partial charge in [0, 0.05) is 5.56 Å². The third-order valence-electron chi connectivity index (χ3n) is 3.12. The first-order valence-electron chi connectivity index (χ1n) is 6.47. The lowest BCUT2D eigenvalue weighted by Crippen LogP contribution is -2.22. The number of hydrogen-bond donors (Lipinski definition) is 2. The quantitative estimate of drug-likeness (QED) is 0.766. The van der Waals surface area contributed by atoms with Crippen molar-refractivity contribution in [3.8, 4) is 0 Å². The zero-order valence-corrected chi connectivity index (χ0v) is 12.2. The molecule has 0 atom stereocenters. The van der Waals surface area contributed by atoms with Gasteiger partial charge in [-0.2, -0.15) is 5.10 Å². The van der Waals surface area contributed by atoms with Gasteiger partial charge in [-0.25, -0.2) is 9.50 Å². The highest BCUT2D eigenvalue weighted by atomic mass is 32.1. The van der Waals surface area contributed by atoms with E-state index in [2.05, 4.69) is 15.4 Å². The smallest absolute Gasteiger partial charge is 0.251 e. The monoisotopic (exact) mass is 302 g/mol. The molecule has 0 fully saturated rings. The highest BCUT2D eigenvalue weighted by molar-refractivity contribution is 7.16. The molecular weight excluding hydrogens is 288 g/mol. The Hall–Kier alpha value is -2.25. The van der Waals surface area contributed by atoms with Gasteiger partial charge in [0.1, 0.15) is 5.01 Å². The number of aryl methyl sites for hydroxylation is 1. The number of nitrogens with zero attached hydrogens (tertiary/aromatic N) is 3. The number of amides is 1. The molecule has 1 amide bonds. The summed E-state index contributed by atoms with van der Waals surface area (Å²) in [7, 11) is 0. The fourth-order valence-electron chi connectivity index (χ4n) is 2.03. The summed E-state index contributed by atoms with van der Waals surface area (Å²) in [6.07, 6.45) is 0. The second-order valence-electron chi connectivity index (χ2n) is 4.54. The number of aliphatic hydroxyl groups is 1. The normalized spacial score (nSPS) is 11.0. The average molecular weight is 302 g/mol. The first-order valence-corrected chi connectivity index (χ1v) is 7.28. The van der Waals surface area contributed by atoms with E-state index in [4.69, 9.17) is 0 Å².